The van der Waals surface area contributed by atoms with E-state index in [0.29, 0.717) is 5.41 Å². The zero-order valence-corrected chi connectivity index (χ0v) is 8.72. The minimum absolute atomic E-state index is 0.149. The van der Waals surface area contributed by atoms with Crippen LogP contribution in [0, 0.1) is 23.2 Å². The van der Waals surface area contributed by atoms with Crippen LogP contribution in [-0.2, 0) is 0 Å². The Balaban J connectivity index is 2.27. The second kappa shape index (κ2) is 2.06. The molecule has 0 aromatic carbocycles. The molecule has 0 radical (unpaired) electrons. The molecule has 0 bridgehead atoms. The summed E-state index contributed by atoms with van der Waals surface area (Å²) in [5, 5.41) is 0. The standard InChI is InChI=1S/C11H21N/c1-7-5-8(2)11(9(7)3)6-10(11,4)12/h7-9H,5-6,12H2,1-4H3. The molecule has 0 heterocycles. The first kappa shape index (κ1) is 8.55. The normalized spacial score (nSPS) is 64.2. The number of hydrogen-bond acceptors (Lipinski definition) is 1. The van der Waals surface area contributed by atoms with Gasteiger partial charge in [0.05, 0.1) is 0 Å². The second-order valence-corrected chi connectivity index (χ2v) is 5.54. The van der Waals surface area contributed by atoms with Crippen LogP contribution in [0.5, 0.6) is 0 Å². The van der Waals surface area contributed by atoms with Crippen LogP contribution < -0.4 is 5.73 Å². The Morgan fingerprint density at radius 1 is 1.25 bits per heavy atom. The highest BCUT2D eigenvalue weighted by Gasteiger charge is 2.70. The summed E-state index contributed by atoms with van der Waals surface area (Å²) in [6, 6.07) is 0. The average Bonchev–Trinajstić information content (AvgIpc) is 2.47. The van der Waals surface area contributed by atoms with Crippen LogP contribution in [0.15, 0.2) is 0 Å². The molecule has 12 heavy (non-hydrogen) atoms. The zero-order valence-electron chi connectivity index (χ0n) is 8.72. The minimum atomic E-state index is 0.149. The van der Waals surface area contributed by atoms with Gasteiger partial charge in [-0.05, 0) is 42.9 Å². The van der Waals surface area contributed by atoms with Crippen molar-refractivity contribution in [3.8, 4) is 0 Å². The third-order valence-electron chi connectivity index (χ3n) is 4.87. The lowest BCUT2D eigenvalue weighted by Crippen LogP contribution is -2.32. The highest BCUT2D eigenvalue weighted by Crippen LogP contribution is 2.70. The molecule has 2 aliphatic carbocycles. The predicted octanol–water partition coefficient (Wildman–Crippen LogP) is 2.41. The van der Waals surface area contributed by atoms with Gasteiger partial charge in [0.2, 0.25) is 0 Å². The van der Waals surface area contributed by atoms with Crippen LogP contribution >= 0.6 is 0 Å². The molecule has 2 N–H and O–H groups in total. The van der Waals surface area contributed by atoms with Crippen molar-refractivity contribution < 1.29 is 0 Å². The van der Waals surface area contributed by atoms with E-state index in [1.165, 1.54) is 12.8 Å². The van der Waals surface area contributed by atoms with E-state index in [-0.39, 0.29) is 5.54 Å². The minimum Gasteiger partial charge on any atom is -0.325 e. The largest absolute Gasteiger partial charge is 0.325 e. The van der Waals surface area contributed by atoms with Gasteiger partial charge in [0.15, 0.2) is 0 Å². The Labute approximate surface area is 75.7 Å². The van der Waals surface area contributed by atoms with Gasteiger partial charge in [-0.3, -0.25) is 0 Å². The molecular formula is C11H21N. The summed E-state index contributed by atoms with van der Waals surface area (Å²) in [6.45, 7) is 9.40. The van der Waals surface area contributed by atoms with Gasteiger partial charge in [0, 0.05) is 5.54 Å². The fourth-order valence-corrected chi connectivity index (χ4v) is 3.91. The fourth-order valence-electron chi connectivity index (χ4n) is 3.91. The van der Waals surface area contributed by atoms with Gasteiger partial charge in [0.1, 0.15) is 0 Å². The van der Waals surface area contributed by atoms with Crippen molar-refractivity contribution in [1.29, 1.82) is 0 Å². The van der Waals surface area contributed by atoms with Crippen molar-refractivity contribution in [1.82, 2.24) is 0 Å². The van der Waals surface area contributed by atoms with Gasteiger partial charge in [-0.25, -0.2) is 0 Å². The lowest BCUT2D eigenvalue weighted by Gasteiger charge is -2.24. The summed E-state index contributed by atoms with van der Waals surface area (Å²) in [7, 11) is 0. The molecule has 5 unspecified atom stereocenters. The van der Waals surface area contributed by atoms with Crippen molar-refractivity contribution in [2.24, 2.45) is 28.9 Å². The molecular weight excluding hydrogens is 146 g/mol. The summed E-state index contributed by atoms with van der Waals surface area (Å²) in [5.41, 5.74) is 6.90. The van der Waals surface area contributed by atoms with Gasteiger partial charge in [-0.1, -0.05) is 20.8 Å². The quantitative estimate of drug-likeness (QED) is 0.589. The monoisotopic (exact) mass is 167 g/mol. The smallest absolute Gasteiger partial charge is 0.0194 e. The SMILES string of the molecule is CC1CC(C)C2(CC2(C)N)C1C. The zero-order chi connectivity index (χ0) is 9.15. The molecule has 0 saturated heterocycles. The Bertz CT molecular complexity index is 209. The first-order valence-electron chi connectivity index (χ1n) is 5.21. The van der Waals surface area contributed by atoms with E-state index >= 15 is 0 Å². The molecule has 0 amide bonds. The Hall–Kier alpha value is -0.0400. The van der Waals surface area contributed by atoms with Crippen molar-refractivity contribution in [2.75, 3.05) is 0 Å². The third kappa shape index (κ3) is 0.736. The molecule has 70 valence electrons. The van der Waals surface area contributed by atoms with Gasteiger partial charge >= 0.3 is 0 Å². The van der Waals surface area contributed by atoms with Crippen LogP contribution in [0.2, 0.25) is 0 Å². The molecule has 2 aliphatic rings. The number of nitrogens with two attached hydrogens (primary N) is 1. The topological polar surface area (TPSA) is 26.0 Å². The lowest BCUT2D eigenvalue weighted by atomic mass is 9.82. The number of rotatable bonds is 0. The predicted molar refractivity (Wildman–Crippen MR) is 51.8 cm³/mol. The van der Waals surface area contributed by atoms with E-state index in [9.17, 15) is 0 Å². The van der Waals surface area contributed by atoms with E-state index in [0.717, 1.165) is 17.8 Å². The maximum atomic E-state index is 6.25. The summed E-state index contributed by atoms with van der Waals surface area (Å²) in [6.07, 6.45) is 2.64. The summed E-state index contributed by atoms with van der Waals surface area (Å²) in [5.74, 6) is 2.56. The van der Waals surface area contributed by atoms with Crippen LogP contribution in [0.25, 0.3) is 0 Å². The molecule has 2 rings (SSSR count). The summed E-state index contributed by atoms with van der Waals surface area (Å²) >= 11 is 0. The second-order valence-electron chi connectivity index (χ2n) is 5.54. The molecule has 0 aromatic rings. The van der Waals surface area contributed by atoms with Gasteiger partial charge in [-0.2, -0.15) is 0 Å². The highest BCUT2D eigenvalue weighted by molar-refractivity contribution is 5.23. The summed E-state index contributed by atoms with van der Waals surface area (Å²) in [4.78, 5) is 0. The van der Waals surface area contributed by atoms with Crippen LogP contribution in [-0.4, -0.2) is 5.54 Å². The molecule has 1 spiro atoms. The van der Waals surface area contributed by atoms with Crippen molar-refractivity contribution in [2.45, 2.75) is 46.1 Å². The first-order valence-corrected chi connectivity index (χ1v) is 5.21. The van der Waals surface area contributed by atoms with E-state index in [2.05, 4.69) is 27.7 Å². The Kier molecular flexibility index (Phi) is 1.47. The van der Waals surface area contributed by atoms with Gasteiger partial charge in [0.25, 0.3) is 0 Å². The molecule has 1 heteroatoms. The van der Waals surface area contributed by atoms with E-state index in [4.69, 9.17) is 5.73 Å². The Morgan fingerprint density at radius 3 is 1.92 bits per heavy atom. The van der Waals surface area contributed by atoms with Crippen LogP contribution in [0.1, 0.15) is 40.5 Å². The molecule has 0 aromatic heterocycles. The molecule has 2 fully saturated rings. The molecule has 2 saturated carbocycles. The number of hydrogen-bond donors (Lipinski definition) is 1. The van der Waals surface area contributed by atoms with Crippen LogP contribution in [0.3, 0.4) is 0 Å². The Morgan fingerprint density at radius 2 is 1.75 bits per heavy atom. The summed E-state index contributed by atoms with van der Waals surface area (Å²) < 4.78 is 0. The lowest BCUT2D eigenvalue weighted by molar-refractivity contribution is 0.256. The molecule has 0 aliphatic heterocycles. The van der Waals surface area contributed by atoms with E-state index in [1.54, 1.807) is 0 Å². The molecule has 5 atom stereocenters. The van der Waals surface area contributed by atoms with Gasteiger partial charge < -0.3 is 5.73 Å². The van der Waals surface area contributed by atoms with Crippen molar-refractivity contribution in [3.05, 3.63) is 0 Å². The van der Waals surface area contributed by atoms with Crippen molar-refractivity contribution in [3.63, 3.8) is 0 Å². The molecule has 1 nitrogen and oxygen atoms in total. The third-order valence-corrected chi connectivity index (χ3v) is 4.87. The first-order chi connectivity index (χ1) is 5.42. The van der Waals surface area contributed by atoms with Gasteiger partial charge in [-0.15, -0.1) is 0 Å². The van der Waals surface area contributed by atoms with E-state index < -0.39 is 0 Å². The van der Waals surface area contributed by atoms with Crippen molar-refractivity contribution >= 4 is 0 Å². The van der Waals surface area contributed by atoms with Crippen LogP contribution in [0.4, 0.5) is 0 Å². The van der Waals surface area contributed by atoms with E-state index in [1.807, 2.05) is 0 Å². The fraction of sp³-hybridized carbons (Fsp3) is 1.00. The maximum absolute atomic E-state index is 6.25. The average molecular weight is 167 g/mol. The maximum Gasteiger partial charge on any atom is 0.0194 e. The highest BCUT2D eigenvalue weighted by atomic mass is 14.9.